The first-order chi connectivity index (χ1) is 18.6. The van der Waals surface area contributed by atoms with Gasteiger partial charge in [0.1, 0.15) is 9.84 Å². The third-order valence-corrected chi connectivity index (χ3v) is 7.50. The molecule has 42 heavy (non-hydrogen) atoms. The number of anilines is 1. The van der Waals surface area contributed by atoms with Crippen LogP contribution in [0.2, 0.25) is 0 Å². The van der Waals surface area contributed by atoms with E-state index in [2.05, 4.69) is 0 Å². The van der Waals surface area contributed by atoms with Gasteiger partial charge in [-0.3, -0.25) is 9.59 Å². The van der Waals surface area contributed by atoms with Crippen molar-refractivity contribution in [1.82, 2.24) is 0 Å². The van der Waals surface area contributed by atoms with Gasteiger partial charge in [0.05, 0.1) is 28.7 Å². The van der Waals surface area contributed by atoms with Crippen LogP contribution in [0.4, 0.5) is 36.4 Å². The molecule has 2 aromatic rings. The number of rotatable bonds is 9. The summed E-state index contributed by atoms with van der Waals surface area (Å²) in [4.78, 5) is 26.9. The lowest BCUT2D eigenvalue weighted by atomic mass is 9.91. The third-order valence-electron chi connectivity index (χ3n) is 5.78. The summed E-state index contributed by atoms with van der Waals surface area (Å²) >= 11 is 0. The Kier molecular flexibility index (Phi) is 9.12. The first-order valence-corrected chi connectivity index (χ1v) is 15.3. The second-order valence-electron chi connectivity index (χ2n) is 10.0. The highest BCUT2D eigenvalue weighted by atomic mass is 32.2. The minimum atomic E-state index is -6.43. The quantitative estimate of drug-likeness (QED) is 0.317. The fourth-order valence-corrected chi connectivity index (χ4v) is 6.22. The second-order valence-corrected chi connectivity index (χ2v) is 13.7. The van der Waals surface area contributed by atoms with Crippen molar-refractivity contribution in [3.63, 3.8) is 0 Å². The zero-order chi connectivity index (χ0) is 32.9. The Hall–Kier alpha value is -3.41. The molecule has 9 nitrogen and oxygen atoms in total. The van der Waals surface area contributed by atoms with Gasteiger partial charge in [0.15, 0.2) is 5.75 Å². The first kappa shape index (κ1) is 34.8. The Morgan fingerprint density at radius 2 is 1.43 bits per heavy atom. The molecule has 0 spiro atoms. The maximum atomic E-state index is 14.7. The smallest absolute Gasteiger partial charge is 0.382 e. The first-order valence-electron chi connectivity index (χ1n) is 11.4. The van der Waals surface area contributed by atoms with Crippen LogP contribution in [0, 0.1) is 6.92 Å². The maximum Gasteiger partial charge on any atom is 0.435 e. The monoisotopic (exact) mass is 650 g/mol. The molecule has 234 valence electrons. The van der Waals surface area contributed by atoms with Crippen molar-refractivity contribution in [3.05, 3.63) is 58.7 Å². The fraction of sp³-hybridized carbons (Fsp3) is 0.417. The highest BCUT2D eigenvalue weighted by Gasteiger charge is 2.73. The number of hydrogen-bond donors (Lipinski definition) is 1. The van der Waals surface area contributed by atoms with E-state index in [0.29, 0.717) is 17.2 Å². The van der Waals surface area contributed by atoms with Crippen LogP contribution < -0.4 is 14.8 Å². The van der Waals surface area contributed by atoms with Crippen LogP contribution in [0.15, 0.2) is 36.4 Å². The molecule has 0 aliphatic heterocycles. The number of primary amides is 1. The summed E-state index contributed by atoms with van der Waals surface area (Å²) in [6, 6.07) is 3.91. The largest absolute Gasteiger partial charge is 0.435 e. The molecular weight excluding hydrogens is 625 g/mol. The molecule has 0 saturated heterocycles. The Bertz CT molecular complexity index is 1600. The average molecular weight is 651 g/mol. The predicted molar refractivity (Wildman–Crippen MR) is 137 cm³/mol. The molecule has 0 aliphatic rings. The Balaban J connectivity index is 2.93. The Morgan fingerprint density at radius 1 is 0.905 bits per heavy atom. The van der Waals surface area contributed by atoms with Crippen LogP contribution >= 0.6 is 0 Å². The molecule has 0 bridgehead atoms. The number of aryl methyl sites for hydroxylation is 1. The van der Waals surface area contributed by atoms with Crippen molar-refractivity contribution in [2.24, 2.45) is 5.73 Å². The predicted octanol–water partition coefficient (Wildman–Crippen LogP) is 4.19. The lowest BCUT2D eigenvalue weighted by molar-refractivity contribution is -0.348. The van der Waals surface area contributed by atoms with Crippen molar-refractivity contribution in [2.45, 2.75) is 44.3 Å². The van der Waals surface area contributed by atoms with Crippen LogP contribution in [0.5, 0.6) is 5.75 Å². The number of nitrogens with two attached hydrogens (primary N) is 1. The fourth-order valence-electron chi connectivity index (χ4n) is 4.34. The van der Waals surface area contributed by atoms with Gasteiger partial charge >= 0.3 is 28.1 Å². The average Bonchev–Trinajstić information content (AvgIpc) is 2.74. The number of alkyl halides is 7. The normalized spacial score (nSPS) is 13.5. The molecule has 0 fully saturated rings. The highest BCUT2D eigenvalue weighted by molar-refractivity contribution is 7.90. The molecule has 0 saturated carbocycles. The molecule has 2 aromatic carbocycles. The summed E-state index contributed by atoms with van der Waals surface area (Å²) in [6.45, 7) is 3.32. The summed E-state index contributed by atoms with van der Waals surface area (Å²) < 4.78 is 147. The van der Waals surface area contributed by atoms with E-state index in [9.17, 15) is 57.2 Å². The Morgan fingerprint density at radius 3 is 1.83 bits per heavy atom. The van der Waals surface area contributed by atoms with Crippen LogP contribution in [0.1, 0.15) is 45.7 Å². The zero-order valence-electron chi connectivity index (χ0n) is 22.5. The molecule has 0 atom stereocenters. The number of carbonyl (C=O) groups is 2. The molecule has 0 aliphatic carbocycles. The number of sulfone groups is 1. The lowest BCUT2D eigenvalue weighted by Crippen LogP contribution is -2.53. The molecule has 2 N–H and O–H groups in total. The van der Waals surface area contributed by atoms with Gasteiger partial charge in [-0.2, -0.15) is 34.8 Å². The SMILES string of the molecule is Cc1cc(C(F)(C(F)(F)F)C(F)(F)F)ccc1N(C(=O)c1cccc(OS(C)(=O)=O)c1C(N)=O)C(C)(C)CS(C)(=O)=O. The van der Waals surface area contributed by atoms with Crippen LogP contribution in [0.3, 0.4) is 0 Å². The minimum Gasteiger partial charge on any atom is -0.382 e. The van der Waals surface area contributed by atoms with E-state index in [1.165, 1.54) is 13.8 Å². The van der Waals surface area contributed by atoms with Gasteiger partial charge in [0, 0.05) is 17.5 Å². The van der Waals surface area contributed by atoms with Crippen molar-refractivity contribution in [1.29, 1.82) is 0 Å². The van der Waals surface area contributed by atoms with E-state index in [4.69, 9.17) is 9.92 Å². The standard InChI is InChI=1S/C24H25F7N2O7S2/c1-13-11-14(22(25,23(26,27)28)24(29,30)31)9-10-16(13)33(21(2,3)12-41(4,36)37)20(35)15-7-6-8-17(18(15)19(32)34)40-42(5,38)39/h6-11H,12H2,1-5H3,(H2,32,34). The molecule has 0 unspecified atom stereocenters. The second kappa shape index (κ2) is 11.0. The molecule has 0 radical (unpaired) electrons. The van der Waals surface area contributed by atoms with E-state index in [1.807, 2.05) is 0 Å². The van der Waals surface area contributed by atoms with Crippen LogP contribution in [-0.2, 0) is 25.6 Å². The van der Waals surface area contributed by atoms with Gasteiger partial charge in [0.25, 0.3) is 11.8 Å². The van der Waals surface area contributed by atoms with Crippen LogP contribution in [-0.4, -0.2) is 64.8 Å². The maximum absolute atomic E-state index is 14.7. The van der Waals surface area contributed by atoms with Gasteiger partial charge in [0.2, 0.25) is 0 Å². The van der Waals surface area contributed by atoms with Crippen molar-refractivity contribution >= 4 is 37.5 Å². The summed E-state index contributed by atoms with van der Waals surface area (Å²) in [5.74, 6) is -4.16. The van der Waals surface area contributed by atoms with E-state index in [1.54, 1.807) is 0 Å². The lowest BCUT2D eigenvalue weighted by Gasteiger charge is -2.40. The van der Waals surface area contributed by atoms with Crippen molar-refractivity contribution < 1.29 is 61.3 Å². The highest BCUT2D eigenvalue weighted by Crippen LogP contribution is 2.53. The summed E-state index contributed by atoms with van der Waals surface area (Å²) in [6.07, 6.45) is -11.5. The number of nitrogens with zero attached hydrogens (tertiary/aromatic N) is 1. The van der Waals surface area contributed by atoms with E-state index in [-0.39, 0.29) is 12.1 Å². The molecule has 0 aromatic heterocycles. The number of hydrogen-bond acceptors (Lipinski definition) is 7. The van der Waals surface area contributed by atoms with Gasteiger partial charge in [-0.05, 0) is 44.5 Å². The van der Waals surface area contributed by atoms with Gasteiger partial charge in [-0.1, -0.05) is 18.2 Å². The molecule has 2 amide bonds. The van der Waals surface area contributed by atoms with E-state index >= 15 is 0 Å². The van der Waals surface area contributed by atoms with E-state index < -0.39 is 94.8 Å². The van der Waals surface area contributed by atoms with E-state index in [0.717, 1.165) is 31.4 Å². The molecular formula is C24H25F7N2O7S2. The zero-order valence-corrected chi connectivity index (χ0v) is 24.1. The number of benzene rings is 2. The summed E-state index contributed by atoms with van der Waals surface area (Å²) in [7, 11) is -8.22. The topological polar surface area (TPSA) is 141 Å². The molecule has 18 heteroatoms. The Labute approximate surface area is 236 Å². The van der Waals surface area contributed by atoms with Crippen molar-refractivity contribution in [3.8, 4) is 5.75 Å². The van der Waals surface area contributed by atoms with Crippen LogP contribution in [0.25, 0.3) is 0 Å². The number of amides is 2. The molecule has 0 heterocycles. The number of halogens is 7. The minimum absolute atomic E-state index is 0.137. The van der Waals surface area contributed by atoms with Gasteiger partial charge in [-0.25, -0.2) is 12.8 Å². The van der Waals surface area contributed by atoms with Gasteiger partial charge in [-0.15, -0.1) is 0 Å². The molecule has 2 rings (SSSR count). The van der Waals surface area contributed by atoms with Gasteiger partial charge < -0.3 is 14.8 Å². The number of carbonyl (C=O) groups excluding carboxylic acids is 2. The van der Waals surface area contributed by atoms with Crippen molar-refractivity contribution in [2.75, 3.05) is 23.2 Å². The third kappa shape index (κ3) is 7.14. The summed E-state index contributed by atoms with van der Waals surface area (Å²) in [5.41, 5.74) is -6.55. The summed E-state index contributed by atoms with van der Waals surface area (Å²) in [5, 5.41) is 0.